The van der Waals surface area contributed by atoms with E-state index in [0.717, 1.165) is 28.8 Å². The smallest absolute Gasteiger partial charge is 0.191 e. The molecule has 0 radical (unpaired) electrons. The summed E-state index contributed by atoms with van der Waals surface area (Å²) >= 11 is 1.63. The van der Waals surface area contributed by atoms with E-state index < -0.39 is 0 Å². The van der Waals surface area contributed by atoms with Crippen LogP contribution in [-0.2, 0) is 6.54 Å². The summed E-state index contributed by atoms with van der Waals surface area (Å²) in [6, 6.07) is 8.43. The molecule has 0 saturated carbocycles. The van der Waals surface area contributed by atoms with Gasteiger partial charge in [0.15, 0.2) is 29.7 Å². The molecule has 3 aromatic rings. The Morgan fingerprint density at radius 1 is 1.12 bits per heavy atom. The summed E-state index contributed by atoms with van der Waals surface area (Å²) in [5, 5.41) is 3.05. The molecule has 0 spiro atoms. The van der Waals surface area contributed by atoms with E-state index in [4.69, 9.17) is 4.42 Å². The molecule has 3 rings (SSSR count). The second kappa shape index (κ2) is 8.45. The Morgan fingerprint density at radius 3 is 2.42 bits per heavy atom. The zero-order valence-electron chi connectivity index (χ0n) is 14.3. The second-order valence-corrected chi connectivity index (χ2v) is 6.73. The van der Waals surface area contributed by atoms with Gasteiger partial charge in [0, 0.05) is 17.5 Å². The summed E-state index contributed by atoms with van der Waals surface area (Å²) in [7, 11) is 0. The first-order valence-electron chi connectivity index (χ1n) is 8.19. The predicted molar refractivity (Wildman–Crippen MR) is 93.6 cm³/mol. The van der Waals surface area contributed by atoms with Gasteiger partial charge < -0.3 is 16.8 Å². The van der Waals surface area contributed by atoms with Gasteiger partial charge in [-0.3, -0.25) is 0 Å². The highest BCUT2D eigenvalue weighted by Crippen LogP contribution is 2.25. The van der Waals surface area contributed by atoms with E-state index in [1.54, 1.807) is 11.3 Å². The van der Waals surface area contributed by atoms with Crippen molar-refractivity contribution in [3.05, 3.63) is 59.1 Å². The lowest BCUT2D eigenvalue weighted by molar-refractivity contribution is -0.688. The first kappa shape index (κ1) is 18.7. The molecule has 0 aliphatic rings. The number of rotatable bonds is 6. The Hall–Kier alpha value is -1.65. The molecule has 5 heteroatoms. The van der Waals surface area contributed by atoms with Gasteiger partial charge in [-0.25, -0.2) is 4.98 Å². The first-order valence-corrected chi connectivity index (χ1v) is 9.07. The number of furan rings is 1. The third-order valence-electron chi connectivity index (χ3n) is 4.22. The molecular formula is C19H23ClN2OS. The summed E-state index contributed by atoms with van der Waals surface area (Å²) in [6.45, 7) is 7.25. The van der Waals surface area contributed by atoms with Crippen molar-refractivity contribution in [2.24, 2.45) is 0 Å². The number of thiazole rings is 1. The Bertz CT molecular complexity index is 760. The molecule has 0 bridgehead atoms. The molecule has 3 heterocycles. The van der Waals surface area contributed by atoms with Crippen molar-refractivity contribution in [2.75, 3.05) is 0 Å². The Kier molecular flexibility index (Phi) is 6.58. The number of aryl methyl sites for hydroxylation is 1. The topological polar surface area (TPSA) is 29.9 Å². The molecule has 0 N–H and O–H groups in total. The fourth-order valence-corrected chi connectivity index (χ4v) is 3.61. The minimum absolute atomic E-state index is 0. The fourth-order valence-electron chi connectivity index (χ4n) is 2.84. The van der Waals surface area contributed by atoms with Gasteiger partial charge in [0.1, 0.15) is 11.5 Å². The lowest BCUT2D eigenvalue weighted by Crippen LogP contribution is -3.00. The van der Waals surface area contributed by atoms with E-state index >= 15 is 0 Å². The quantitative estimate of drug-likeness (QED) is 0.627. The van der Waals surface area contributed by atoms with Gasteiger partial charge in [0.2, 0.25) is 0 Å². The summed E-state index contributed by atoms with van der Waals surface area (Å²) in [5.41, 5.74) is 2.50. The van der Waals surface area contributed by atoms with Crippen molar-refractivity contribution in [3.8, 4) is 10.8 Å². The van der Waals surface area contributed by atoms with Crippen LogP contribution in [0.15, 0.2) is 46.5 Å². The van der Waals surface area contributed by atoms with Crippen molar-refractivity contribution in [1.29, 1.82) is 0 Å². The van der Waals surface area contributed by atoms with Crippen LogP contribution in [0.4, 0.5) is 0 Å². The molecule has 0 saturated heterocycles. The Labute approximate surface area is 153 Å². The number of halogens is 1. The summed E-state index contributed by atoms with van der Waals surface area (Å²) < 4.78 is 7.82. The zero-order valence-corrected chi connectivity index (χ0v) is 15.9. The predicted octanol–water partition coefficient (Wildman–Crippen LogP) is 1.95. The molecule has 3 aromatic heterocycles. The molecule has 0 atom stereocenters. The molecule has 0 aromatic carbocycles. The molecular weight excluding hydrogens is 340 g/mol. The number of hydrogen-bond acceptors (Lipinski definition) is 3. The van der Waals surface area contributed by atoms with E-state index in [-0.39, 0.29) is 12.4 Å². The zero-order chi connectivity index (χ0) is 16.2. The van der Waals surface area contributed by atoms with Crippen molar-refractivity contribution < 1.29 is 21.4 Å². The van der Waals surface area contributed by atoms with Crippen LogP contribution in [0.25, 0.3) is 10.8 Å². The Balaban J connectivity index is 0.00000208. The number of pyridine rings is 1. The SMILES string of the molecule is CCC(CC)c1cc[n+](Cc2csc(-c3ccc(C)o3)n2)cc1.[Cl-]. The van der Waals surface area contributed by atoms with Crippen LogP contribution in [0.2, 0.25) is 0 Å². The van der Waals surface area contributed by atoms with Crippen LogP contribution in [0, 0.1) is 6.92 Å². The van der Waals surface area contributed by atoms with Crippen molar-refractivity contribution in [3.63, 3.8) is 0 Å². The van der Waals surface area contributed by atoms with Crippen molar-refractivity contribution >= 4 is 11.3 Å². The molecule has 0 unspecified atom stereocenters. The van der Waals surface area contributed by atoms with Crippen LogP contribution in [0.5, 0.6) is 0 Å². The highest BCUT2D eigenvalue weighted by molar-refractivity contribution is 7.13. The van der Waals surface area contributed by atoms with Crippen LogP contribution >= 0.6 is 11.3 Å². The third kappa shape index (κ3) is 4.25. The Morgan fingerprint density at radius 2 is 1.83 bits per heavy atom. The summed E-state index contributed by atoms with van der Waals surface area (Å²) in [4.78, 5) is 4.68. The number of aromatic nitrogens is 2. The van der Waals surface area contributed by atoms with E-state index in [2.05, 4.69) is 53.3 Å². The highest BCUT2D eigenvalue weighted by Gasteiger charge is 2.13. The largest absolute Gasteiger partial charge is 1.00 e. The van der Waals surface area contributed by atoms with E-state index in [9.17, 15) is 0 Å². The second-order valence-electron chi connectivity index (χ2n) is 5.87. The normalized spacial score (nSPS) is 10.8. The van der Waals surface area contributed by atoms with Gasteiger partial charge >= 0.3 is 0 Å². The van der Waals surface area contributed by atoms with Gasteiger partial charge in [-0.05, 0) is 43.4 Å². The van der Waals surface area contributed by atoms with Crippen molar-refractivity contribution in [1.82, 2.24) is 4.98 Å². The van der Waals surface area contributed by atoms with Gasteiger partial charge in [-0.15, -0.1) is 11.3 Å². The monoisotopic (exact) mass is 362 g/mol. The standard InChI is InChI=1S/C19H23N2OS.ClH/c1-4-15(5-2)16-8-10-21(11-9-16)12-17-13-23-19(20-17)18-7-6-14(3)22-18;/h6-11,13,15H,4-5,12H2,1-3H3;1H/q+1;/p-1. The maximum absolute atomic E-state index is 5.64. The van der Waals surface area contributed by atoms with E-state index in [1.807, 2.05) is 19.1 Å². The molecule has 0 fully saturated rings. The first-order chi connectivity index (χ1) is 11.2. The lowest BCUT2D eigenvalue weighted by atomic mass is 9.95. The number of nitrogens with zero attached hydrogens (tertiary/aromatic N) is 2. The van der Waals surface area contributed by atoms with Crippen LogP contribution < -0.4 is 17.0 Å². The van der Waals surface area contributed by atoms with Crippen LogP contribution in [0.1, 0.15) is 49.6 Å². The number of hydrogen-bond donors (Lipinski definition) is 0. The lowest BCUT2D eigenvalue weighted by Gasteiger charge is -2.11. The average molecular weight is 363 g/mol. The van der Waals surface area contributed by atoms with E-state index in [0.29, 0.717) is 5.92 Å². The molecule has 0 amide bonds. The minimum atomic E-state index is 0. The molecule has 3 nitrogen and oxygen atoms in total. The van der Waals surface area contributed by atoms with Gasteiger partial charge in [-0.2, -0.15) is 4.57 Å². The van der Waals surface area contributed by atoms with Crippen LogP contribution in [0.3, 0.4) is 0 Å². The fraction of sp³-hybridized carbons (Fsp3) is 0.368. The average Bonchev–Trinajstić information content (AvgIpc) is 3.19. The highest BCUT2D eigenvalue weighted by atomic mass is 35.5. The van der Waals surface area contributed by atoms with Gasteiger partial charge in [0.05, 0.1) is 0 Å². The molecule has 128 valence electrons. The molecule has 0 aliphatic carbocycles. The van der Waals surface area contributed by atoms with E-state index in [1.165, 1.54) is 18.4 Å². The van der Waals surface area contributed by atoms with Crippen LogP contribution in [-0.4, -0.2) is 4.98 Å². The molecule has 24 heavy (non-hydrogen) atoms. The maximum atomic E-state index is 5.64. The summed E-state index contributed by atoms with van der Waals surface area (Å²) in [6.07, 6.45) is 6.70. The third-order valence-corrected chi connectivity index (χ3v) is 5.13. The molecule has 0 aliphatic heterocycles. The van der Waals surface area contributed by atoms with Crippen molar-refractivity contribution in [2.45, 2.75) is 46.1 Å². The van der Waals surface area contributed by atoms with Gasteiger partial charge in [-0.1, -0.05) is 13.8 Å². The summed E-state index contributed by atoms with van der Waals surface area (Å²) in [5.74, 6) is 2.44. The maximum Gasteiger partial charge on any atom is 0.191 e. The minimum Gasteiger partial charge on any atom is -1.00 e. The van der Waals surface area contributed by atoms with Gasteiger partial charge in [0.25, 0.3) is 0 Å².